The number of hydrogen-bond acceptors (Lipinski definition) is 9. The molecule has 0 aliphatic heterocycles. The van der Waals surface area contributed by atoms with Crippen molar-refractivity contribution >= 4 is 57.1 Å². The number of anilines is 2. The number of hydrogen-bond donors (Lipinski definition) is 6. The van der Waals surface area contributed by atoms with E-state index in [-0.39, 0.29) is 28.5 Å². The Morgan fingerprint density at radius 2 is 1.11 bits per heavy atom. The summed E-state index contributed by atoms with van der Waals surface area (Å²) < 4.78 is 5.93. The van der Waals surface area contributed by atoms with Crippen molar-refractivity contribution < 1.29 is 34.1 Å². The minimum Gasteiger partial charge on any atom is -0.494 e. The number of aromatic nitrogens is 2. The van der Waals surface area contributed by atoms with E-state index < -0.39 is 47.9 Å². The van der Waals surface area contributed by atoms with Crippen LogP contribution in [0.2, 0.25) is 0 Å². The van der Waals surface area contributed by atoms with Crippen LogP contribution in [0.5, 0.6) is 5.75 Å². The Morgan fingerprint density at radius 3 is 1.57 bits per heavy atom. The number of rotatable bonds is 16. The van der Waals surface area contributed by atoms with Crippen LogP contribution >= 0.6 is 0 Å². The van der Waals surface area contributed by atoms with Gasteiger partial charge >= 0.3 is 0 Å². The van der Waals surface area contributed by atoms with Gasteiger partial charge in [0.2, 0.25) is 0 Å². The molecule has 5 aromatic rings. The third kappa shape index (κ3) is 10.3. The Labute approximate surface area is 307 Å². The van der Waals surface area contributed by atoms with Gasteiger partial charge in [0.1, 0.15) is 29.5 Å². The van der Waals surface area contributed by atoms with E-state index in [1.54, 1.807) is 36.4 Å². The molecule has 0 aliphatic carbocycles. The fourth-order valence-corrected chi connectivity index (χ4v) is 5.60. The highest BCUT2D eigenvalue weighted by Crippen LogP contribution is 2.21. The predicted octanol–water partition coefficient (Wildman–Crippen LogP) is 4.98. The van der Waals surface area contributed by atoms with E-state index >= 15 is 0 Å². The summed E-state index contributed by atoms with van der Waals surface area (Å²) in [6, 6.07) is 22.9. The molecule has 0 radical (unpaired) electrons. The Hall–Kier alpha value is -5.92. The van der Waals surface area contributed by atoms with Crippen molar-refractivity contribution in [2.75, 3.05) is 17.2 Å². The van der Waals surface area contributed by atoms with Crippen molar-refractivity contribution in [3.63, 3.8) is 0 Å². The Balaban J connectivity index is 1.34. The van der Waals surface area contributed by atoms with Gasteiger partial charge < -0.3 is 36.2 Å². The summed E-state index contributed by atoms with van der Waals surface area (Å²) >= 11 is 0. The van der Waals surface area contributed by atoms with Gasteiger partial charge in [-0.1, -0.05) is 62.6 Å². The van der Waals surface area contributed by atoms with Gasteiger partial charge in [-0.15, -0.1) is 0 Å². The van der Waals surface area contributed by atoms with E-state index in [0.29, 0.717) is 17.6 Å². The summed E-state index contributed by atoms with van der Waals surface area (Å²) in [5.41, 5.74) is 1.23. The molecular formula is C40H44N6O7. The van der Waals surface area contributed by atoms with Crippen LogP contribution in [0.25, 0.3) is 21.8 Å². The zero-order valence-corrected chi connectivity index (χ0v) is 29.8. The van der Waals surface area contributed by atoms with Crippen LogP contribution in [-0.2, 0) is 9.59 Å². The maximum Gasteiger partial charge on any atom is 0.252 e. The molecule has 0 unspecified atom stereocenters. The van der Waals surface area contributed by atoms with Crippen LogP contribution in [0.15, 0.2) is 91.0 Å². The van der Waals surface area contributed by atoms with E-state index in [0.717, 1.165) is 36.5 Å². The lowest BCUT2D eigenvalue weighted by atomic mass is 10.1. The summed E-state index contributed by atoms with van der Waals surface area (Å²) in [7, 11) is 0. The van der Waals surface area contributed by atoms with Gasteiger partial charge in [-0.05, 0) is 74.9 Å². The number of fused-ring (bicyclic) bond motifs is 2. The molecule has 4 amide bonds. The van der Waals surface area contributed by atoms with Gasteiger partial charge in [-0.3, -0.25) is 19.2 Å². The lowest BCUT2D eigenvalue weighted by Crippen LogP contribution is -2.50. The molecule has 53 heavy (non-hydrogen) atoms. The van der Waals surface area contributed by atoms with E-state index in [1.807, 2.05) is 36.4 Å². The zero-order chi connectivity index (χ0) is 37.9. The first kappa shape index (κ1) is 38.3. The first-order valence-corrected chi connectivity index (χ1v) is 17.6. The molecule has 0 spiro atoms. The van der Waals surface area contributed by atoms with Crippen LogP contribution in [0.4, 0.5) is 11.6 Å². The maximum absolute atomic E-state index is 13.7. The second-order valence-electron chi connectivity index (χ2n) is 12.8. The summed E-state index contributed by atoms with van der Waals surface area (Å²) in [5, 5.41) is 33.2. The number of nitrogens with zero attached hydrogens (tertiary/aromatic N) is 2. The molecule has 4 atom stereocenters. The minimum absolute atomic E-state index is 0.0399. The molecule has 0 saturated heterocycles. The Morgan fingerprint density at radius 1 is 0.642 bits per heavy atom. The van der Waals surface area contributed by atoms with Crippen molar-refractivity contribution in [1.29, 1.82) is 0 Å². The number of benzene rings is 3. The van der Waals surface area contributed by atoms with E-state index in [2.05, 4.69) is 38.2 Å². The molecule has 2 aromatic heterocycles. The number of para-hydroxylation sites is 2. The van der Waals surface area contributed by atoms with Crippen LogP contribution in [0.1, 0.15) is 67.2 Å². The first-order valence-electron chi connectivity index (χ1n) is 17.6. The van der Waals surface area contributed by atoms with Gasteiger partial charge in [0.25, 0.3) is 23.6 Å². The number of aliphatic hydroxyl groups excluding tert-OH is 2. The van der Waals surface area contributed by atoms with E-state index in [1.165, 1.54) is 32.0 Å². The van der Waals surface area contributed by atoms with Gasteiger partial charge in [-0.2, -0.15) is 0 Å². The maximum atomic E-state index is 13.7. The average molecular weight is 721 g/mol. The average Bonchev–Trinajstić information content (AvgIpc) is 3.15. The monoisotopic (exact) mass is 720 g/mol. The smallest absolute Gasteiger partial charge is 0.252 e. The highest BCUT2D eigenvalue weighted by Gasteiger charge is 2.29. The second kappa shape index (κ2) is 18.0. The van der Waals surface area contributed by atoms with E-state index in [4.69, 9.17) is 4.74 Å². The van der Waals surface area contributed by atoms with Gasteiger partial charge in [0.15, 0.2) is 0 Å². The number of ether oxygens (including phenoxy) is 1. The summed E-state index contributed by atoms with van der Waals surface area (Å²) in [5.74, 6) is -2.27. The number of unbranched alkanes of at least 4 members (excludes halogenated alkanes) is 3. The zero-order valence-electron chi connectivity index (χ0n) is 29.8. The van der Waals surface area contributed by atoms with Gasteiger partial charge in [0, 0.05) is 21.9 Å². The number of aliphatic hydroxyl groups is 2. The third-order valence-corrected chi connectivity index (χ3v) is 8.50. The Kier molecular flexibility index (Phi) is 13.0. The van der Waals surface area contributed by atoms with Crippen LogP contribution in [0.3, 0.4) is 0 Å². The number of carbonyl (C=O) groups excluding carboxylic acids is 4. The fourth-order valence-electron chi connectivity index (χ4n) is 5.60. The molecule has 13 nitrogen and oxygen atoms in total. The van der Waals surface area contributed by atoms with Crippen molar-refractivity contribution in [1.82, 2.24) is 20.6 Å². The molecular weight excluding hydrogens is 676 g/mol. The lowest BCUT2D eigenvalue weighted by molar-refractivity contribution is -0.121. The molecule has 6 N–H and O–H groups in total. The molecule has 13 heteroatoms. The second-order valence-corrected chi connectivity index (χ2v) is 12.8. The van der Waals surface area contributed by atoms with Crippen molar-refractivity contribution in [3.8, 4) is 5.75 Å². The van der Waals surface area contributed by atoms with E-state index in [9.17, 15) is 29.4 Å². The van der Waals surface area contributed by atoms with Crippen LogP contribution in [0, 0.1) is 0 Å². The standard InChI is InChI=1S/C40H44N6O7/c1-4-5-6-11-20-53-30-22-28(37(49)45-35(24(2)47)39(51)43-33-18-16-26-12-7-9-14-31(26)41-33)21-29(23-30)38(50)46-36(25(3)48)40(52)44-34-19-17-27-13-8-10-15-32(27)42-34/h7-10,12-19,21-25,35-36,47-48H,4-6,11,20H2,1-3H3,(H,45,49)(H,46,50)(H,41,43,51)(H,42,44,52)/t24-,25-,35+,36+/m1/s1. The number of carbonyl (C=O) groups is 4. The number of amides is 4. The Bertz CT molecular complexity index is 1950. The van der Waals surface area contributed by atoms with Crippen LogP contribution < -0.4 is 26.0 Å². The van der Waals surface area contributed by atoms with Crippen LogP contribution in [-0.4, -0.2) is 74.7 Å². The fraction of sp³-hybridized carbons (Fsp3) is 0.300. The van der Waals surface area contributed by atoms with Gasteiger partial charge in [0.05, 0.1) is 29.8 Å². The van der Waals surface area contributed by atoms with Gasteiger partial charge in [-0.25, -0.2) is 9.97 Å². The molecule has 276 valence electrons. The lowest BCUT2D eigenvalue weighted by Gasteiger charge is -2.22. The number of pyridine rings is 2. The normalized spacial score (nSPS) is 13.4. The molecule has 2 heterocycles. The minimum atomic E-state index is -1.39. The highest BCUT2D eigenvalue weighted by molar-refractivity contribution is 6.05. The van der Waals surface area contributed by atoms with Crippen molar-refractivity contribution in [2.24, 2.45) is 0 Å². The summed E-state index contributed by atoms with van der Waals surface area (Å²) in [6.07, 6.45) is 1.12. The quantitative estimate of drug-likeness (QED) is 0.0764. The molecule has 0 bridgehead atoms. The SMILES string of the molecule is CCCCCCOc1cc(C(=O)N[C@H](C(=O)Nc2ccc3ccccc3n2)[C@@H](C)O)cc(C(=O)N[C@H](C(=O)Nc2ccc3ccccc3n2)[C@@H](C)O)c1. The first-order chi connectivity index (χ1) is 25.5. The summed E-state index contributed by atoms with van der Waals surface area (Å²) in [4.78, 5) is 62.7. The molecule has 5 rings (SSSR count). The molecule has 0 fully saturated rings. The third-order valence-electron chi connectivity index (χ3n) is 8.50. The molecule has 0 saturated carbocycles. The topological polar surface area (TPSA) is 192 Å². The molecule has 0 aliphatic rings. The predicted molar refractivity (Wildman–Crippen MR) is 203 cm³/mol. The van der Waals surface area contributed by atoms with Crippen molar-refractivity contribution in [2.45, 2.75) is 70.7 Å². The van der Waals surface area contributed by atoms with Crippen molar-refractivity contribution in [3.05, 3.63) is 102 Å². The summed E-state index contributed by atoms with van der Waals surface area (Å²) in [6.45, 7) is 5.14. The largest absolute Gasteiger partial charge is 0.494 e. The number of nitrogens with one attached hydrogen (secondary N) is 4. The highest BCUT2D eigenvalue weighted by atomic mass is 16.5. The molecule has 3 aromatic carbocycles.